The van der Waals surface area contributed by atoms with Gasteiger partial charge < -0.3 is 28.0 Å². The molecule has 8 aromatic carbocycles. The van der Waals surface area contributed by atoms with Gasteiger partial charge in [0, 0.05) is 84.1 Å². The Balaban J connectivity index is 0.000000285. The van der Waals surface area contributed by atoms with Gasteiger partial charge in [-0.2, -0.15) is 16.8 Å². The van der Waals surface area contributed by atoms with Crippen molar-refractivity contribution in [2.24, 2.45) is 0 Å². The summed E-state index contributed by atoms with van der Waals surface area (Å²) in [6.45, 7) is 11.3. The van der Waals surface area contributed by atoms with Crippen LogP contribution in [-0.4, -0.2) is 125 Å². The number of rotatable bonds is 24. The van der Waals surface area contributed by atoms with Crippen molar-refractivity contribution in [3.8, 4) is 0 Å². The summed E-state index contributed by atoms with van der Waals surface area (Å²) in [6.07, 6.45) is 14.7. The molecule has 30 heteroatoms. The maximum Gasteiger partial charge on any atom is 1.00 e. The van der Waals surface area contributed by atoms with E-state index in [1.807, 2.05) is 144 Å². The molecule has 0 saturated carbocycles. The largest absolute Gasteiger partial charge is 1.00 e. The number of hydrogen-bond acceptors (Lipinski definition) is 18. The zero-order valence-corrected chi connectivity index (χ0v) is 66.3. The zero-order valence-electron chi connectivity index (χ0n) is 57.4. The predicted molar refractivity (Wildman–Crippen MR) is 384 cm³/mol. The Morgan fingerprint density at radius 1 is 0.356 bits per heavy atom. The molecule has 0 spiro atoms. The molecule has 8 aromatic rings. The normalized spacial score (nSPS) is 13.1. The van der Waals surface area contributed by atoms with Crippen LogP contribution in [0.2, 0.25) is 0 Å². The van der Waals surface area contributed by atoms with Crippen LogP contribution in [0.5, 0.6) is 0 Å². The Morgan fingerprint density at radius 3 is 0.904 bits per heavy atom. The topological polar surface area (TPSA) is 350 Å². The molecular formula is C74H70N4Na2O18S6. The van der Waals surface area contributed by atoms with E-state index < -0.39 is 60.7 Å². The molecule has 532 valence electrons. The molecule has 0 aromatic heterocycles. The second kappa shape index (κ2) is 35.8. The van der Waals surface area contributed by atoms with Crippen LogP contribution in [0.3, 0.4) is 0 Å². The van der Waals surface area contributed by atoms with Crippen molar-refractivity contribution in [3.63, 3.8) is 0 Å². The van der Waals surface area contributed by atoms with Crippen LogP contribution < -0.4 is 68.9 Å². The first-order valence-electron chi connectivity index (χ1n) is 31.6. The third kappa shape index (κ3) is 21.9. The molecule has 0 amide bonds. The van der Waals surface area contributed by atoms with Gasteiger partial charge >= 0.3 is 59.1 Å². The Hall–Kier alpha value is -7.40. The van der Waals surface area contributed by atoms with Crippen LogP contribution in [-0.2, 0) is 86.9 Å². The van der Waals surface area contributed by atoms with Gasteiger partial charge in [0.1, 0.15) is 63.4 Å². The molecule has 2 aliphatic carbocycles. The van der Waals surface area contributed by atoms with E-state index in [2.05, 4.69) is 0 Å². The number of benzene rings is 8. The predicted octanol–water partition coefficient (Wildman–Crippen LogP) is 4.75. The Kier molecular flexibility index (Phi) is 28.9. The number of hydrogen-bond donors (Lipinski definition) is 2. The van der Waals surface area contributed by atoms with E-state index in [1.54, 1.807) is 48.5 Å². The molecule has 0 saturated heterocycles. The molecule has 104 heavy (non-hydrogen) atoms. The average Bonchev–Trinajstić information content (AvgIpc) is 0.778. The molecule has 0 unspecified atom stereocenters. The van der Waals surface area contributed by atoms with Crippen LogP contribution >= 0.6 is 0 Å². The first kappa shape index (κ1) is 83.9. The van der Waals surface area contributed by atoms with Gasteiger partial charge in [0.15, 0.2) is 24.5 Å². The fraction of sp³-hybridized carbons (Fsp3) is 0.162. The van der Waals surface area contributed by atoms with Crippen molar-refractivity contribution >= 4 is 94.7 Å². The maximum absolute atomic E-state index is 12.5. The summed E-state index contributed by atoms with van der Waals surface area (Å²) in [5.41, 5.74) is 9.97. The molecule has 2 N–H and O–H groups in total. The minimum atomic E-state index is -4.61. The maximum atomic E-state index is 12.5. The molecule has 0 radical (unpaired) electrons. The van der Waals surface area contributed by atoms with Gasteiger partial charge in [-0.1, -0.05) is 109 Å². The fourth-order valence-corrected chi connectivity index (χ4v) is 15.3. The monoisotopic (exact) mass is 1540 g/mol. The van der Waals surface area contributed by atoms with E-state index in [-0.39, 0.29) is 99.6 Å². The van der Waals surface area contributed by atoms with Gasteiger partial charge in [-0.15, -0.1) is 0 Å². The van der Waals surface area contributed by atoms with Crippen LogP contribution in [0, 0.1) is 0 Å². The van der Waals surface area contributed by atoms with Crippen molar-refractivity contribution in [2.45, 2.75) is 83.2 Å². The molecule has 0 heterocycles. The Morgan fingerprint density at radius 2 is 0.635 bits per heavy atom. The van der Waals surface area contributed by atoms with Crippen molar-refractivity contribution in [1.82, 2.24) is 0 Å². The molecule has 22 nitrogen and oxygen atoms in total. The summed E-state index contributed by atoms with van der Waals surface area (Å²) in [5, 5.41) is 0. The summed E-state index contributed by atoms with van der Waals surface area (Å²) < 4.78 is 213. The summed E-state index contributed by atoms with van der Waals surface area (Å²) >= 11 is 0. The van der Waals surface area contributed by atoms with E-state index >= 15 is 0 Å². The van der Waals surface area contributed by atoms with Gasteiger partial charge in [-0.05, 0) is 181 Å². The summed E-state index contributed by atoms with van der Waals surface area (Å²) in [6, 6.07) is 50.5. The SMILES string of the molecule is CCN(Cc1cccc(S(=O)(=O)[O-])c1)c1ccc(C(=C2C=CC(=[N+](CC)Cc3cccc(S(=O)(=O)[O-])c3)C=C2)c2ccccc2S(=O)(=O)O)cc1.CCN(Cc1cccc(S(=O)(=O)[O-])c1)c1ccc(C(=C2C=CC(=[N+](CC)Cc3cccc(S(=O)(=O)[O-])c3)C=C2)c2ccccc2S(=O)(=O)O)cc1.[Na+].[Na+]. The minimum Gasteiger partial charge on any atom is -0.744 e. The molecular weight excluding hydrogens is 1470 g/mol. The molecule has 10 rings (SSSR count). The van der Waals surface area contributed by atoms with Gasteiger partial charge in [0.2, 0.25) is 0 Å². The van der Waals surface area contributed by atoms with Gasteiger partial charge in [0.25, 0.3) is 20.2 Å². The molecule has 0 aliphatic heterocycles. The third-order valence-electron chi connectivity index (χ3n) is 16.7. The summed E-state index contributed by atoms with van der Waals surface area (Å²) in [7, 11) is -27.7. The van der Waals surface area contributed by atoms with Crippen LogP contribution in [0.4, 0.5) is 11.4 Å². The molecule has 2 aliphatic rings. The van der Waals surface area contributed by atoms with Gasteiger partial charge in [-0.25, -0.2) is 42.8 Å². The average molecular weight is 1540 g/mol. The van der Waals surface area contributed by atoms with Crippen molar-refractivity contribution in [1.29, 1.82) is 0 Å². The van der Waals surface area contributed by atoms with Crippen LogP contribution in [0.15, 0.2) is 283 Å². The van der Waals surface area contributed by atoms with E-state index in [4.69, 9.17) is 0 Å². The van der Waals surface area contributed by atoms with Gasteiger partial charge in [0.05, 0.1) is 19.6 Å². The van der Waals surface area contributed by atoms with Crippen molar-refractivity contribution in [3.05, 3.63) is 298 Å². The molecule has 0 atom stereocenters. The van der Waals surface area contributed by atoms with E-state index in [9.17, 15) is 77.8 Å². The minimum absolute atomic E-state index is 0. The smallest absolute Gasteiger partial charge is 0.744 e. The number of anilines is 2. The zero-order chi connectivity index (χ0) is 74.0. The van der Waals surface area contributed by atoms with Crippen LogP contribution in [0.25, 0.3) is 11.1 Å². The van der Waals surface area contributed by atoms with Crippen molar-refractivity contribution in [2.75, 3.05) is 36.0 Å². The number of allylic oxidation sites excluding steroid dienone is 10. The van der Waals surface area contributed by atoms with Crippen molar-refractivity contribution < 1.29 is 146 Å². The van der Waals surface area contributed by atoms with E-state index in [1.165, 1.54) is 97.1 Å². The molecule has 0 fully saturated rings. The summed E-state index contributed by atoms with van der Waals surface area (Å²) in [4.78, 5) is 2.23. The Bertz CT molecular complexity index is 5150. The van der Waals surface area contributed by atoms with Crippen LogP contribution in [0.1, 0.15) is 72.2 Å². The fourth-order valence-electron chi connectivity index (χ4n) is 11.7. The second-order valence-electron chi connectivity index (χ2n) is 23.3. The Labute approximate surface area is 652 Å². The summed E-state index contributed by atoms with van der Waals surface area (Å²) in [5.74, 6) is 0. The second-order valence-corrected chi connectivity index (χ2v) is 31.6. The standard InChI is InChI=1S/2C37H36N2O9S3.2Na/c2*1-3-38(25-27-9-7-11-33(23-27)49(40,41)42)31-19-15-29(16-20-31)37(35-13-5-6-14-36(35)51(46,47)48)30-17-21-32(22-18-30)39(4-2)26-28-10-8-12-34(24-28)50(43,44)45;;/h2*5-24H,3-4,25-26H2,1-2H3,(H2-,40,41,42,43,44,45,46,47,48);;/q;;2*+1/p-2. The van der Waals surface area contributed by atoms with E-state index in [0.717, 1.165) is 22.8 Å². The van der Waals surface area contributed by atoms with Gasteiger partial charge in [-0.3, -0.25) is 9.11 Å². The quantitative estimate of drug-likeness (QED) is 0.0468. The third-order valence-corrected chi connectivity index (χ3v) is 21.9. The molecule has 0 bridgehead atoms. The number of nitrogens with zero attached hydrogens (tertiary/aromatic N) is 4. The first-order chi connectivity index (χ1) is 48.2. The van der Waals surface area contributed by atoms with E-state index in [0.29, 0.717) is 108 Å². The first-order valence-corrected chi connectivity index (χ1v) is 40.2.